The molecular weight excluding hydrogens is 252 g/mol. The van der Waals surface area contributed by atoms with Crippen molar-refractivity contribution in [3.63, 3.8) is 0 Å². The van der Waals surface area contributed by atoms with E-state index in [2.05, 4.69) is 17.6 Å². The van der Waals surface area contributed by atoms with Crippen LogP contribution in [0, 0.1) is 0 Å². The normalized spacial score (nSPS) is 11.2. The summed E-state index contributed by atoms with van der Waals surface area (Å²) in [6.45, 7) is 9.16. The molecule has 4 nitrogen and oxygen atoms in total. The highest BCUT2D eigenvalue weighted by molar-refractivity contribution is 5.93. The average Bonchev–Trinajstić information content (AvgIpc) is 2.38. The summed E-state index contributed by atoms with van der Waals surface area (Å²) in [5.41, 5.74) is 0.651. The first kappa shape index (κ1) is 16.5. The van der Waals surface area contributed by atoms with Gasteiger partial charge in [-0.15, -0.1) is 0 Å². The number of para-hydroxylation sites is 2. The number of unbranched alkanes of at least 4 members (excludes halogenated alkanes) is 1. The first-order valence-corrected chi connectivity index (χ1v) is 7.19. The lowest BCUT2D eigenvalue weighted by atomic mass is 10.1. The van der Waals surface area contributed by atoms with E-state index in [0.717, 1.165) is 24.3 Å². The zero-order valence-corrected chi connectivity index (χ0v) is 13.0. The molecule has 0 fully saturated rings. The number of rotatable bonds is 7. The SMILES string of the molecule is CCCCOc1ccccc1NC(=O)CNC(C)(C)C. The van der Waals surface area contributed by atoms with Crippen molar-refractivity contribution < 1.29 is 9.53 Å². The largest absolute Gasteiger partial charge is 0.491 e. The van der Waals surface area contributed by atoms with Gasteiger partial charge in [-0.3, -0.25) is 4.79 Å². The summed E-state index contributed by atoms with van der Waals surface area (Å²) in [7, 11) is 0. The molecule has 0 bridgehead atoms. The van der Waals surface area contributed by atoms with Gasteiger partial charge >= 0.3 is 0 Å². The third-order valence-electron chi connectivity index (χ3n) is 2.70. The molecule has 0 saturated carbocycles. The molecule has 0 atom stereocenters. The fourth-order valence-electron chi connectivity index (χ4n) is 1.56. The fourth-order valence-corrected chi connectivity index (χ4v) is 1.56. The summed E-state index contributed by atoms with van der Waals surface area (Å²) in [6.07, 6.45) is 2.10. The molecule has 1 aromatic carbocycles. The van der Waals surface area contributed by atoms with Crippen LogP contribution in [0.1, 0.15) is 40.5 Å². The standard InChI is InChI=1S/C16H26N2O2/c1-5-6-11-20-14-10-8-7-9-13(14)18-15(19)12-17-16(2,3)4/h7-10,17H,5-6,11-12H2,1-4H3,(H,18,19). The van der Waals surface area contributed by atoms with Gasteiger partial charge < -0.3 is 15.4 Å². The number of benzene rings is 1. The summed E-state index contributed by atoms with van der Waals surface area (Å²) in [5, 5.41) is 6.04. The fraction of sp³-hybridized carbons (Fsp3) is 0.562. The highest BCUT2D eigenvalue weighted by Gasteiger charge is 2.12. The van der Waals surface area contributed by atoms with Crippen LogP contribution in [0.25, 0.3) is 0 Å². The van der Waals surface area contributed by atoms with Gasteiger partial charge in [-0.1, -0.05) is 25.5 Å². The zero-order chi connectivity index (χ0) is 15.0. The zero-order valence-electron chi connectivity index (χ0n) is 13.0. The molecule has 20 heavy (non-hydrogen) atoms. The van der Waals surface area contributed by atoms with E-state index in [-0.39, 0.29) is 18.0 Å². The number of hydrogen-bond donors (Lipinski definition) is 2. The lowest BCUT2D eigenvalue weighted by Crippen LogP contribution is -2.41. The minimum absolute atomic E-state index is 0.0635. The van der Waals surface area contributed by atoms with Crippen LogP contribution in [0.3, 0.4) is 0 Å². The van der Waals surface area contributed by atoms with E-state index < -0.39 is 0 Å². The Hall–Kier alpha value is -1.55. The molecule has 0 aliphatic carbocycles. The predicted molar refractivity (Wildman–Crippen MR) is 83.2 cm³/mol. The van der Waals surface area contributed by atoms with Crippen LogP contribution >= 0.6 is 0 Å². The lowest BCUT2D eigenvalue weighted by Gasteiger charge is -2.20. The molecule has 112 valence electrons. The lowest BCUT2D eigenvalue weighted by molar-refractivity contribution is -0.115. The van der Waals surface area contributed by atoms with E-state index in [1.807, 2.05) is 45.0 Å². The molecule has 0 aliphatic heterocycles. The Morgan fingerprint density at radius 3 is 2.60 bits per heavy atom. The number of carbonyl (C=O) groups is 1. The van der Waals surface area contributed by atoms with Crippen molar-refractivity contribution in [2.24, 2.45) is 0 Å². The van der Waals surface area contributed by atoms with Gasteiger partial charge in [0.1, 0.15) is 5.75 Å². The average molecular weight is 278 g/mol. The summed E-state index contributed by atoms with van der Waals surface area (Å²) >= 11 is 0. The molecule has 0 radical (unpaired) electrons. The van der Waals surface area contributed by atoms with Gasteiger partial charge in [0.2, 0.25) is 5.91 Å². The molecule has 2 N–H and O–H groups in total. The molecule has 0 aliphatic rings. The quantitative estimate of drug-likeness (QED) is 0.753. The van der Waals surface area contributed by atoms with Crippen LogP contribution < -0.4 is 15.4 Å². The van der Waals surface area contributed by atoms with E-state index in [4.69, 9.17) is 4.74 Å². The van der Waals surface area contributed by atoms with Crippen LogP contribution in [0.5, 0.6) is 5.75 Å². The Morgan fingerprint density at radius 2 is 1.95 bits per heavy atom. The third kappa shape index (κ3) is 6.57. The van der Waals surface area contributed by atoms with Crippen LogP contribution in [-0.4, -0.2) is 24.6 Å². The molecule has 0 aromatic heterocycles. The van der Waals surface area contributed by atoms with Gasteiger partial charge in [0.25, 0.3) is 0 Å². The van der Waals surface area contributed by atoms with Crippen molar-refractivity contribution in [1.29, 1.82) is 0 Å². The summed E-state index contributed by atoms with van der Waals surface area (Å²) < 4.78 is 5.69. The van der Waals surface area contributed by atoms with Crippen LogP contribution in [0.4, 0.5) is 5.69 Å². The van der Waals surface area contributed by atoms with Crippen molar-refractivity contribution in [2.45, 2.75) is 46.1 Å². The Morgan fingerprint density at radius 1 is 1.25 bits per heavy atom. The minimum Gasteiger partial charge on any atom is -0.491 e. The van der Waals surface area contributed by atoms with E-state index in [0.29, 0.717) is 6.61 Å². The second kappa shape index (κ2) is 7.90. The Bertz CT molecular complexity index is 425. The Kier molecular flexibility index (Phi) is 6.52. The van der Waals surface area contributed by atoms with Crippen LogP contribution in [0.15, 0.2) is 24.3 Å². The van der Waals surface area contributed by atoms with Crippen molar-refractivity contribution in [3.8, 4) is 5.75 Å². The second-order valence-corrected chi connectivity index (χ2v) is 5.85. The maximum atomic E-state index is 11.9. The highest BCUT2D eigenvalue weighted by Crippen LogP contribution is 2.23. The number of hydrogen-bond acceptors (Lipinski definition) is 3. The molecule has 4 heteroatoms. The number of ether oxygens (including phenoxy) is 1. The summed E-state index contributed by atoms with van der Waals surface area (Å²) in [5.74, 6) is 0.663. The predicted octanol–water partition coefficient (Wildman–Crippen LogP) is 3.19. The van der Waals surface area contributed by atoms with Crippen molar-refractivity contribution in [1.82, 2.24) is 5.32 Å². The monoisotopic (exact) mass is 278 g/mol. The number of nitrogens with one attached hydrogen (secondary N) is 2. The number of anilines is 1. The summed E-state index contributed by atoms with van der Waals surface area (Å²) in [6, 6.07) is 7.53. The molecule has 0 heterocycles. The third-order valence-corrected chi connectivity index (χ3v) is 2.70. The maximum Gasteiger partial charge on any atom is 0.238 e. The van der Waals surface area contributed by atoms with Crippen molar-refractivity contribution >= 4 is 11.6 Å². The smallest absolute Gasteiger partial charge is 0.238 e. The van der Waals surface area contributed by atoms with Gasteiger partial charge in [0.05, 0.1) is 18.8 Å². The molecule has 1 aromatic rings. The highest BCUT2D eigenvalue weighted by atomic mass is 16.5. The maximum absolute atomic E-state index is 11.9. The molecule has 0 saturated heterocycles. The van der Waals surface area contributed by atoms with Crippen LogP contribution in [0.2, 0.25) is 0 Å². The van der Waals surface area contributed by atoms with E-state index in [1.165, 1.54) is 0 Å². The first-order chi connectivity index (χ1) is 9.42. The van der Waals surface area contributed by atoms with Crippen molar-refractivity contribution in [3.05, 3.63) is 24.3 Å². The molecule has 0 spiro atoms. The molecule has 0 unspecified atom stereocenters. The van der Waals surface area contributed by atoms with Gasteiger partial charge in [0, 0.05) is 5.54 Å². The van der Waals surface area contributed by atoms with E-state index in [1.54, 1.807) is 0 Å². The Labute approximate surface area is 121 Å². The van der Waals surface area contributed by atoms with E-state index >= 15 is 0 Å². The number of carbonyl (C=O) groups excluding carboxylic acids is 1. The second-order valence-electron chi connectivity index (χ2n) is 5.85. The van der Waals surface area contributed by atoms with Gasteiger partial charge in [-0.2, -0.15) is 0 Å². The van der Waals surface area contributed by atoms with Crippen LogP contribution in [-0.2, 0) is 4.79 Å². The Balaban J connectivity index is 2.55. The van der Waals surface area contributed by atoms with Gasteiger partial charge in [-0.25, -0.2) is 0 Å². The molecule has 1 rings (SSSR count). The topological polar surface area (TPSA) is 50.4 Å². The van der Waals surface area contributed by atoms with E-state index in [9.17, 15) is 4.79 Å². The molecule has 1 amide bonds. The molecular formula is C16H26N2O2. The van der Waals surface area contributed by atoms with Gasteiger partial charge in [-0.05, 0) is 39.3 Å². The first-order valence-electron chi connectivity index (χ1n) is 7.19. The minimum atomic E-state index is -0.0749. The summed E-state index contributed by atoms with van der Waals surface area (Å²) in [4.78, 5) is 11.9. The van der Waals surface area contributed by atoms with Gasteiger partial charge in [0.15, 0.2) is 0 Å². The van der Waals surface area contributed by atoms with Crippen molar-refractivity contribution in [2.75, 3.05) is 18.5 Å². The number of amides is 1.